The summed E-state index contributed by atoms with van der Waals surface area (Å²) in [5, 5.41) is 0. The van der Waals surface area contributed by atoms with Gasteiger partial charge in [0.15, 0.2) is 0 Å². The number of amides is 1. The maximum Gasteiger partial charge on any atom is 0.310 e. The molecule has 0 aliphatic heterocycles. The SMILES string of the molecule is COC(=O)C(C)CN(C)C(=O)C#Cc1ccccc1. The van der Waals surface area contributed by atoms with Crippen LogP contribution in [-0.2, 0) is 14.3 Å². The van der Waals surface area contributed by atoms with E-state index in [2.05, 4.69) is 16.6 Å². The van der Waals surface area contributed by atoms with E-state index in [9.17, 15) is 9.59 Å². The van der Waals surface area contributed by atoms with E-state index < -0.39 is 0 Å². The molecule has 0 saturated carbocycles. The van der Waals surface area contributed by atoms with Crippen molar-refractivity contribution in [2.45, 2.75) is 6.92 Å². The van der Waals surface area contributed by atoms with E-state index in [-0.39, 0.29) is 24.3 Å². The largest absolute Gasteiger partial charge is 0.469 e. The van der Waals surface area contributed by atoms with Crippen LogP contribution >= 0.6 is 0 Å². The molecule has 0 aromatic heterocycles. The number of rotatable bonds is 3. The molecule has 1 aromatic carbocycles. The molecule has 100 valence electrons. The second-order valence-corrected chi connectivity index (χ2v) is 4.23. The molecule has 4 nitrogen and oxygen atoms in total. The fraction of sp³-hybridized carbons (Fsp3) is 0.333. The molecule has 0 heterocycles. The first-order valence-corrected chi connectivity index (χ1v) is 5.94. The highest BCUT2D eigenvalue weighted by Gasteiger charge is 2.17. The summed E-state index contributed by atoms with van der Waals surface area (Å²) in [4.78, 5) is 24.4. The fourth-order valence-corrected chi connectivity index (χ4v) is 1.51. The number of nitrogens with zero attached hydrogens (tertiary/aromatic N) is 1. The molecule has 1 rings (SSSR count). The molecule has 19 heavy (non-hydrogen) atoms. The Labute approximate surface area is 113 Å². The van der Waals surface area contributed by atoms with Crippen molar-refractivity contribution in [2.75, 3.05) is 20.7 Å². The molecule has 1 atom stereocenters. The average molecular weight is 259 g/mol. The predicted molar refractivity (Wildman–Crippen MR) is 72.1 cm³/mol. The Hall–Kier alpha value is -2.28. The van der Waals surface area contributed by atoms with Crippen LogP contribution in [0, 0.1) is 17.8 Å². The van der Waals surface area contributed by atoms with E-state index in [4.69, 9.17) is 0 Å². The quantitative estimate of drug-likeness (QED) is 0.607. The normalized spacial score (nSPS) is 10.9. The highest BCUT2D eigenvalue weighted by atomic mass is 16.5. The summed E-state index contributed by atoms with van der Waals surface area (Å²) >= 11 is 0. The van der Waals surface area contributed by atoms with Crippen molar-refractivity contribution >= 4 is 11.9 Å². The first-order chi connectivity index (χ1) is 9.04. The van der Waals surface area contributed by atoms with Gasteiger partial charge in [-0.25, -0.2) is 0 Å². The van der Waals surface area contributed by atoms with Crippen LogP contribution in [0.5, 0.6) is 0 Å². The lowest BCUT2D eigenvalue weighted by molar-refractivity contribution is -0.145. The third-order valence-corrected chi connectivity index (χ3v) is 2.59. The second kappa shape index (κ2) is 7.22. The molecule has 0 aliphatic carbocycles. The van der Waals surface area contributed by atoms with Crippen LogP contribution in [0.4, 0.5) is 0 Å². The van der Waals surface area contributed by atoms with Gasteiger partial charge in [-0.1, -0.05) is 31.0 Å². The van der Waals surface area contributed by atoms with Crippen LogP contribution in [0.25, 0.3) is 0 Å². The number of methoxy groups -OCH3 is 1. The van der Waals surface area contributed by atoms with E-state index in [1.165, 1.54) is 12.0 Å². The molecule has 1 aromatic rings. The van der Waals surface area contributed by atoms with Crippen molar-refractivity contribution in [3.63, 3.8) is 0 Å². The van der Waals surface area contributed by atoms with Crippen LogP contribution in [0.1, 0.15) is 12.5 Å². The summed E-state index contributed by atoms with van der Waals surface area (Å²) in [5.74, 6) is 4.31. The lowest BCUT2D eigenvalue weighted by atomic mass is 10.1. The zero-order valence-electron chi connectivity index (χ0n) is 11.3. The minimum absolute atomic E-state index is 0.287. The van der Waals surface area contributed by atoms with Crippen LogP contribution < -0.4 is 0 Å². The first kappa shape index (κ1) is 14.8. The molecule has 0 saturated heterocycles. The molecule has 1 unspecified atom stereocenters. The highest BCUT2D eigenvalue weighted by Crippen LogP contribution is 2.01. The van der Waals surface area contributed by atoms with Gasteiger partial charge in [0.2, 0.25) is 0 Å². The van der Waals surface area contributed by atoms with E-state index in [1.807, 2.05) is 30.3 Å². The van der Waals surface area contributed by atoms with Gasteiger partial charge < -0.3 is 9.64 Å². The van der Waals surface area contributed by atoms with Crippen molar-refractivity contribution in [1.29, 1.82) is 0 Å². The third-order valence-electron chi connectivity index (χ3n) is 2.59. The van der Waals surface area contributed by atoms with Crippen molar-refractivity contribution in [2.24, 2.45) is 5.92 Å². The van der Waals surface area contributed by atoms with Crippen LogP contribution in [0.3, 0.4) is 0 Å². The summed E-state index contributed by atoms with van der Waals surface area (Å²) in [5.41, 5.74) is 0.783. The number of benzene rings is 1. The van der Waals surface area contributed by atoms with Gasteiger partial charge in [0.25, 0.3) is 5.91 Å². The van der Waals surface area contributed by atoms with E-state index in [1.54, 1.807) is 14.0 Å². The number of carbonyl (C=O) groups excluding carboxylic acids is 2. The Bertz CT molecular complexity index is 499. The van der Waals surface area contributed by atoms with Gasteiger partial charge in [-0.05, 0) is 12.1 Å². The lowest BCUT2D eigenvalue weighted by Gasteiger charge is -2.17. The number of hydrogen-bond acceptors (Lipinski definition) is 3. The molecule has 4 heteroatoms. The minimum Gasteiger partial charge on any atom is -0.469 e. The summed E-state index contributed by atoms with van der Waals surface area (Å²) in [6, 6.07) is 9.26. The lowest BCUT2D eigenvalue weighted by Crippen LogP contribution is -2.33. The van der Waals surface area contributed by atoms with Gasteiger partial charge in [-0.2, -0.15) is 0 Å². The first-order valence-electron chi connectivity index (χ1n) is 5.94. The molecule has 0 bridgehead atoms. The van der Waals surface area contributed by atoms with Crippen LogP contribution in [0.2, 0.25) is 0 Å². The van der Waals surface area contributed by atoms with Gasteiger partial charge in [-0.15, -0.1) is 0 Å². The molecule has 0 fully saturated rings. The summed E-state index contributed by atoms with van der Waals surface area (Å²) < 4.78 is 4.61. The predicted octanol–water partition coefficient (Wildman–Crippen LogP) is 1.31. The Morgan fingerprint density at radius 1 is 1.32 bits per heavy atom. The highest BCUT2D eigenvalue weighted by molar-refractivity contribution is 5.94. The van der Waals surface area contributed by atoms with Gasteiger partial charge in [0.05, 0.1) is 13.0 Å². The van der Waals surface area contributed by atoms with Gasteiger partial charge in [-0.3, -0.25) is 9.59 Å². The topological polar surface area (TPSA) is 46.6 Å². The van der Waals surface area contributed by atoms with Gasteiger partial charge >= 0.3 is 5.97 Å². The summed E-state index contributed by atoms with van der Waals surface area (Å²) in [6.45, 7) is 2.00. The Balaban J connectivity index is 2.59. The van der Waals surface area contributed by atoms with Crippen molar-refractivity contribution in [3.05, 3.63) is 35.9 Å². The molecule has 0 aliphatic rings. The number of carbonyl (C=O) groups is 2. The van der Waals surface area contributed by atoms with Gasteiger partial charge in [0.1, 0.15) is 0 Å². The van der Waals surface area contributed by atoms with Crippen LogP contribution in [-0.4, -0.2) is 37.5 Å². The fourth-order valence-electron chi connectivity index (χ4n) is 1.51. The van der Waals surface area contributed by atoms with Crippen molar-refractivity contribution < 1.29 is 14.3 Å². The van der Waals surface area contributed by atoms with Crippen molar-refractivity contribution in [1.82, 2.24) is 4.90 Å². The van der Waals surface area contributed by atoms with E-state index >= 15 is 0 Å². The maximum absolute atomic E-state index is 11.8. The molecular weight excluding hydrogens is 242 g/mol. The Morgan fingerprint density at radius 2 is 1.95 bits per heavy atom. The smallest absolute Gasteiger partial charge is 0.310 e. The Kier molecular flexibility index (Phi) is 5.62. The third kappa shape index (κ3) is 4.84. The molecule has 1 amide bonds. The minimum atomic E-state index is -0.363. The number of ether oxygens (including phenoxy) is 1. The van der Waals surface area contributed by atoms with Crippen molar-refractivity contribution in [3.8, 4) is 11.8 Å². The second-order valence-electron chi connectivity index (χ2n) is 4.23. The van der Waals surface area contributed by atoms with Gasteiger partial charge in [0, 0.05) is 25.1 Å². The molecular formula is C15H17NO3. The Morgan fingerprint density at radius 3 is 2.53 bits per heavy atom. The summed E-state index contributed by atoms with van der Waals surface area (Å²) in [7, 11) is 2.94. The van der Waals surface area contributed by atoms with Crippen LogP contribution in [0.15, 0.2) is 30.3 Å². The zero-order chi connectivity index (χ0) is 14.3. The number of esters is 1. The maximum atomic E-state index is 11.8. The average Bonchev–Trinajstić information content (AvgIpc) is 2.44. The molecule has 0 radical (unpaired) electrons. The van der Waals surface area contributed by atoms with E-state index in [0.717, 1.165) is 5.56 Å². The number of hydrogen-bond donors (Lipinski definition) is 0. The standard InChI is InChI=1S/C15H17NO3/c1-12(15(18)19-3)11-16(2)14(17)10-9-13-7-5-4-6-8-13/h4-8,12H,11H2,1-3H3. The van der Waals surface area contributed by atoms with E-state index in [0.29, 0.717) is 0 Å². The monoisotopic (exact) mass is 259 g/mol. The zero-order valence-corrected chi connectivity index (χ0v) is 11.3. The molecule has 0 spiro atoms. The summed E-state index contributed by atoms with van der Waals surface area (Å²) in [6.07, 6.45) is 0. The molecule has 0 N–H and O–H groups in total.